The molecule has 0 bridgehead atoms. The predicted octanol–water partition coefficient (Wildman–Crippen LogP) is 4.98. The molecule has 0 heterocycles. The van der Waals surface area contributed by atoms with Gasteiger partial charge in [0.25, 0.3) is 0 Å². The summed E-state index contributed by atoms with van der Waals surface area (Å²) in [5.74, 6) is -0.364. The number of ketones is 1. The molecule has 0 aromatic heterocycles. The molecule has 2 aromatic carbocycles. The highest BCUT2D eigenvalue weighted by Gasteiger charge is 2.12. The van der Waals surface area contributed by atoms with Crippen LogP contribution in [0.15, 0.2) is 64.7 Å². The number of aliphatic hydroxyl groups excluding tert-OH is 1. The Hall–Kier alpha value is -2.75. The van der Waals surface area contributed by atoms with Crippen molar-refractivity contribution in [1.29, 1.82) is 0 Å². The Balaban J connectivity index is 2.26. The van der Waals surface area contributed by atoms with E-state index in [4.69, 9.17) is 0 Å². The van der Waals surface area contributed by atoms with Gasteiger partial charge in [0, 0.05) is 5.56 Å². The van der Waals surface area contributed by atoms with Crippen molar-refractivity contribution in [2.24, 2.45) is 10.2 Å². The summed E-state index contributed by atoms with van der Waals surface area (Å²) >= 11 is 0. The molecule has 2 rings (SSSR count). The van der Waals surface area contributed by atoms with Crippen molar-refractivity contribution < 1.29 is 9.90 Å². The van der Waals surface area contributed by atoms with E-state index >= 15 is 0 Å². The number of nitrogens with zero attached hydrogens (tertiary/aromatic N) is 2. The fourth-order valence-electron chi connectivity index (χ4n) is 1.93. The number of azo groups is 1. The largest absolute Gasteiger partial charge is 0.513 e. The molecule has 4 heteroatoms. The SMILES string of the molecule is Cc1ccc(C(=O)/C(=C/O)N=Nc2cccc(C)c2C)cc1. The molecule has 0 atom stereocenters. The van der Waals surface area contributed by atoms with Crippen molar-refractivity contribution >= 4 is 11.5 Å². The molecule has 0 saturated heterocycles. The van der Waals surface area contributed by atoms with E-state index in [-0.39, 0.29) is 11.5 Å². The molecule has 0 aliphatic heterocycles. The third kappa shape index (κ3) is 3.47. The van der Waals surface area contributed by atoms with Gasteiger partial charge in [-0.25, -0.2) is 0 Å². The second kappa shape index (κ2) is 6.80. The molecule has 0 aliphatic carbocycles. The molecule has 22 heavy (non-hydrogen) atoms. The molecule has 0 spiro atoms. The molecule has 0 radical (unpaired) electrons. The monoisotopic (exact) mass is 294 g/mol. The van der Waals surface area contributed by atoms with E-state index in [1.165, 1.54) is 0 Å². The first-order valence-corrected chi connectivity index (χ1v) is 6.96. The van der Waals surface area contributed by atoms with Crippen LogP contribution in [0.25, 0.3) is 0 Å². The zero-order valence-electron chi connectivity index (χ0n) is 12.9. The molecule has 0 amide bonds. The number of aliphatic hydroxyl groups is 1. The van der Waals surface area contributed by atoms with Crippen LogP contribution in [-0.2, 0) is 0 Å². The van der Waals surface area contributed by atoms with Gasteiger partial charge in [0.1, 0.15) is 6.26 Å². The van der Waals surface area contributed by atoms with Crippen molar-refractivity contribution in [3.05, 3.63) is 76.7 Å². The first-order valence-electron chi connectivity index (χ1n) is 6.96. The number of aryl methyl sites for hydroxylation is 2. The van der Waals surface area contributed by atoms with Gasteiger partial charge in [-0.2, -0.15) is 5.11 Å². The molecule has 0 aliphatic rings. The van der Waals surface area contributed by atoms with Gasteiger partial charge in [0.05, 0.1) is 5.69 Å². The van der Waals surface area contributed by atoms with Gasteiger partial charge in [0.15, 0.2) is 5.70 Å². The molecule has 112 valence electrons. The minimum atomic E-state index is -0.364. The predicted molar refractivity (Wildman–Crippen MR) is 86.7 cm³/mol. The summed E-state index contributed by atoms with van der Waals surface area (Å²) in [4.78, 5) is 12.3. The second-order valence-corrected chi connectivity index (χ2v) is 5.13. The van der Waals surface area contributed by atoms with Crippen molar-refractivity contribution in [2.45, 2.75) is 20.8 Å². The van der Waals surface area contributed by atoms with Gasteiger partial charge in [-0.15, -0.1) is 5.11 Å². The molecule has 1 N–H and O–H groups in total. The minimum absolute atomic E-state index is 0.0928. The lowest BCUT2D eigenvalue weighted by molar-refractivity contribution is 0.102. The lowest BCUT2D eigenvalue weighted by Gasteiger charge is -2.03. The number of hydrogen-bond acceptors (Lipinski definition) is 4. The Kier molecular flexibility index (Phi) is 4.84. The Morgan fingerprint density at radius 3 is 2.36 bits per heavy atom. The topological polar surface area (TPSA) is 62.0 Å². The third-order valence-corrected chi connectivity index (χ3v) is 3.51. The summed E-state index contributed by atoms with van der Waals surface area (Å²) in [5, 5.41) is 17.3. The maximum absolute atomic E-state index is 12.3. The zero-order chi connectivity index (χ0) is 16.1. The fraction of sp³-hybridized carbons (Fsp3) is 0.167. The van der Waals surface area contributed by atoms with Crippen LogP contribution in [-0.4, -0.2) is 10.9 Å². The zero-order valence-corrected chi connectivity index (χ0v) is 12.9. The number of carbonyl (C=O) groups excluding carboxylic acids is 1. The number of hydrogen-bond donors (Lipinski definition) is 1. The molecule has 0 saturated carbocycles. The summed E-state index contributed by atoms with van der Waals surface area (Å²) in [6, 6.07) is 12.8. The molecule has 0 fully saturated rings. The molecule has 0 unspecified atom stereocenters. The van der Waals surface area contributed by atoms with Crippen molar-refractivity contribution in [1.82, 2.24) is 0 Å². The molecular weight excluding hydrogens is 276 g/mol. The maximum atomic E-state index is 12.3. The van der Waals surface area contributed by atoms with E-state index in [2.05, 4.69) is 10.2 Å². The summed E-state index contributed by atoms with van der Waals surface area (Å²) in [6.45, 7) is 5.86. The Labute approximate surface area is 129 Å². The van der Waals surface area contributed by atoms with Crippen molar-refractivity contribution in [2.75, 3.05) is 0 Å². The van der Waals surface area contributed by atoms with E-state index < -0.39 is 0 Å². The Morgan fingerprint density at radius 1 is 1.05 bits per heavy atom. The number of carbonyl (C=O) groups is 1. The van der Waals surface area contributed by atoms with Crippen LogP contribution in [0.3, 0.4) is 0 Å². The van der Waals surface area contributed by atoms with Gasteiger partial charge in [-0.3, -0.25) is 4.79 Å². The minimum Gasteiger partial charge on any atom is -0.513 e. The quantitative estimate of drug-likeness (QED) is 0.374. The highest BCUT2D eigenvalue weighted by atomic mass is 16.2. The van der Waals surface area contributed by atoms with E-state index in [0.717, 1.165) is 16.7 Å². The van der Waals surface area contributed by atoms with Crippen LogP contribution in [0.5, 0.6) is 0 Å². The Bertz CT molecular complexity index is 744. The second-order valence-electron chi connectivity index (χ2n) is 5.13. The number of benzene rings is 2. The van der Waals surface area contributed by atoms with E-state index in [0.29, 0.717) is 17.5 Å². The van der Waals surface area contributed by atoms with Crippen LogP contribution in [0.4, 0.5) is 5.69 Å². The summed E-state index contributed by atoms with van der Waals surface area (Å²) < 4.78 is 0. The first-order chi connectivity index (χ1) is 10.5. The highest BCUT2D eigenvalue weighted by molar-refractivity contribution is 6.08. The average Bonchev–Trinajstić information content (AvgIpc) is 2.52. The number of allylic oxidation sites excluding steroid dienone is 1. The maximum Gasteiger partial charge on any atom is 0.216 e. The van der Waals surface area contributed by atoms with Crippen molar-refractivity contribution in [3.63, 3.8) is 0 Å². The van der Waals surface area contributed by atoms with Gasteiger partial charge in [0.2, 0.25) is 5.78 Å². The normalized spacial score (nSPS) is 11.9. The lowest BCUT2D eigenvalue weighted by atomic mass is 10.1. The van der Waals surface area contributed by atoms with Crippen LogP contribution >= 0.6 is 0 Å². The van der Waals surface area contributed by atoms with Crippen molar-refractivity contribution in [3.8, 4) is 0 Å². The molecule has 4 nitrogen and oxygen atoms in total. The van der Waals surface area contributed by atoms with Crippen LogP contribution < -0.4 is 0 Å². The summed E-state index contributed by atoms with van der Waals surface area (Å²) in [7, 11) is 0. The lowest BCUT2D eigenvalue weighted by Crippen LogP contribution is -2.01. The first kappa shape index (κ1) is 15.6. The van der Waals surface area contributed by atoms with Gasteiger partial charge in [-0.05, 0) is 38.0 Å². The van der Waals surface area contributed by atoms with Crippen LogP contribution in [0, 0.1) is 20.8 Å². The van der Waals surface area contributed by atoms with Crippen LogP contribution in [0.2, 0.25) is 0 Å². The molecule has 2 aromatic rings. The van der Waals surface area contributed by atoms with Gasteiger partial charge in [-0.1, -0.05) is 42.0 Å². The fourth-order valence-corrected chi connectivity index (χ4v) is 1.93. The highest BCUT2D eigenvalue weighted by Crippen LogP contribution is 2.22. The van der Waals surface area contributed by atoms with E-state index in [1.54, 1.807) is 12.1 Å². The number of Topliss-reactive ketones (excluding diaryl/α,β-unsaturated/α-hetero) is 1. The number of rotatable bonds is 4. The van der Waals surface area contributed by atoms with Crippen LogP contribution in [0.1, 0.15) is 27.0 Å². The standard InChI is InChI=1S/C18H18N2O2/c1-12-7-9-15(10-8-12)18(22)17(11-21)20-19-16-6-4-5-13(2)14(16)3/h4-11,21H,1-3H3/b17-11-,20-19?. The summed E-state index contributed by atoms with van der Waals surface area (Å²) in [5.41, 5.74) is 4.19. The van der Waals surface area contributed by atoms with E-state index in [1.807, 2.05) is 51.1 Å². The van der Waals surface area contributed by atoms with Gasteiger partial charge < -0.3 is 5.11 Å². The van der Waals surface area contributed by atoms with Gasteiger partial charge >= 0.3 is 0 Å². The smallest absolute Gasteiger partial charge is 0.216 e. The van der Waals surface area contributed by atoms with E-state index in [9.17, 15) is 9.90 Å². The molecular formula is C18H18N2O2. The third-order valence-electron chi connectivity index (χ3n) is 3.51. The average molecular weight is 294 g/mol. The summed E-state index contributed by atoms with van der Waals surface area (Å²) in [6.07, 6.45) is 0.691. The Morgan fingerprint density at radius 2 is 1.73 bits per heavy atom.